The lowest BCUT2D eigenvalue weighted by Crippen LogP contribution is -2.25. The van der Waals surface area contributed by atoms with Crippen molar-refractivity contribution in [1.29, 1.82) is 0 Å². The summed E-state index contributed by atoms with van der Waals surface area (Å²) in [5, 5.41) is 0. The van der Waals surface area contributed by atoms with Crippen LogP contribution in [0.1, 0.15) is 11.1 Å². The number of anilines is 1. The van der Waals surface area contributed by atoms with E-state index in [0.29, 0.717) is 11.5 Å². The highest BCUT2D eigenvalue weighted by Crippen LogP contribution is 2.27. The molecule has 0 saturated carbocycles. The van der Waals surface area contributed by atoms with Gasteiger partial charge in [0, 0.05) is 19.2 Å². The molecule has 2 aromatic carbocycles. The molecular weight excluding hydrogens is 409 g/mol. The molecule has 0 aliphatic heterocycles. The molecule has 164 valence electrons. The van der Waals surface area contributed by atoms with Crippen LogP contribution in [-0.4, -0.2) is 32.5 Å². The van der Waals surface area contributed by atoms with E-state index in [0.717, 1.165) is 17.2 Å². The molecular formula is C23H23F3N2O3. The standard InChI is InChI=1S/C23H23F3N2O3/c1-29-18-7-3-16(4-8-18)14-28(15-17-5-9-19(30-2)10-6-17)23-20(25)13-21(22(26)27-23)31-12-11-24/h3-10,13H,11-12,14-15H2,1-2H3. The average molecular weight is 432 g/mol. The summed E-state index contributed by atoms with van der Waals surface area (Å²) in [6.45, 7) is -0.656. The summed E-state index contributed by atoms with van der Waals surface area (Å²) >= 11 is 0. The van der Waals surface area contributed by atoms with Gasteiger partial charge >= 0.3 is 0 Å². The first kappa shape index (κ1) is 22.3. The van der Waals surface area contributed by atoms with Gasteiger partial charge in [0.05, 0.1) is 14.2 Å². The van der Waals surface area contributed by atoms with Gasteiger partial charge in [0.15, 0.2) is 17.4 Å². The zero-order chi connectivity index (χ0) is 22.2. The molecule has 8 heteroatoms. The molecule has 0 saturated heterocycles. The Labute approximate surface area is 179 Å². The van der Waals surface area contributed by atoms with E-state index in [4.69, 9.17) is 14.2 Å². The van der Waals surface area contributed by atoms with Crippen LogP contribution >= 0.6 is 0 Å². The Kier molecular flexibility index (Phi) is 7.59. The molecule has 0 amide bonds. The Bertz CT molecular complexity index is 933. The molecule has 0 atom stereocenters. The highest BCUT2D eigenvalue weighted by molar-refractivity contribution is 5.45. The van der Waals surface area contributed by atoms with Crippen molar-refractivity contribution in [2.24, 2.45) is 0 Å². The third-order valence-corrected chi connectivity index (χ3v) is 4.58. The maximum absolute atomic E-state index is 14.9. The lowest BCUT2D eigenvalue weighted by atomic mass is 10.1. The van der Waals surface area contributed by atoms with Crippen LogP contribution in [0.3, 0.4) is 0 Å². The molecule has 0 spiro atoms. The number of methoxy groups -OCH3 is 2. The van der Waals surface area contributed by atoms with Crippen LogP contribution in [0.5, 0.6) is 17.2 Å². The lowest BCUT2D eigenvalue weighted by molar-refractivity contribution is 0.258. The van der Waals surface area contributed by atoms with Crippen molar-refractivity contribution < 1.29 is 27.4 Å². The van der Waals surface area contributed by atoms with Gasteiger partial charge in [0.1, 0.15) is 24.8 Å². The Morgan fingerprint density at radius 2 is 1.35 bits per heavy atom. The number of benzene rings is 2. The van der Waals surface area contributed by atoms with E-state index in [1.807, 2.05) is 24.3 Å². The van der Waals surface area contributed by atoms with E-state index in [1.165, 1.54) is 0 Å². The molecule has 3 aromatic rings. The number of nitrogens with zero attached hydrogens (tertiary/aromatic N) is 2. The van der Waals surface area contributed by atoms with Crippen LogP contribution in [0.25, 0.3) is 0 Å². The van der Waals surface area contributed by atoms with Gasteiger partial charge < -0.3 is 19.1 Å². The maximum atomic E-state index is 14.9. The van der Waals surface area contributed by atoms with Gasteiger partial charge in [-0.3, -0.25) is 0 Å². The first-order valence-electron chi connectivity index (χ1n) is 9.59. The van der Waals surface area contributed by atoms with Gasteiger partial charge in [-0.25, -0.2) is 8.78 Å². The van der Waals surface area contributed by atoms with Crippen molar-refractivity contribution in [2.75, 3.05) is 32.4 Å². The Morgan fingerprint density at radius 3 is 1.81 bits per heavy atom. The Hall–Kier alpha value is -3.42. The number of aromatic nitrogens is 1. The van der Waals surface area contributed by atoms with Crippen molar-refractivity contribution in [1.82, 2.24) is 4.98 Å². The highest BCUT2D eigenvalue weighted by atomic mass is 19.1. The van der Waals surface area contributed by atoms with Crippen molar-refractivity contribution in [3.8, 4) is 17.2 Å². The van der Waals surface area contributed by atoms with Gasteiger partial charge in [-0.2, -0.15) is 9.37 Å². The van der Waals surface area contributed by atoms with Gasteiger partial charge in [0.25, 0.3) is 5.95 Å². The lowest BCUT2D eigenvalue weighted by Gasteiger charge is -2.25. The van der Waals surface area contributed by atoms with Gasteiger partial charge in [-0.15, -0.1) is 0 Å². The zero-order valence-electron chi connectivity index (χ0n) is 17.3. The number of hydrogen-bond donors (Lipinski definition) is 0. The summed E-state index contributed by atoms with van der Waals surface area (Å²) in [6, 6.07) is 15.4. The topological polar surface area (TPSA) is 43.8 Å². The molecule has 0 aliphatic carbocycles. The summed E-state index contributed by atoms with van der Waals surface area (Å²) in [4.78, 5) is 5.39. The Morgan fingerprint density at radius 1 is 0.839 bits per heavy atom. The van der Waals surface area contributed by atoms with Crippen LogP contribution in [-0.2, 0) is 13.1 Å². The van der Waals surface area contributed by atoms with E-state index in [-0.39, 0.29) is 25.5 Å². The van der Waals surface area contributed by atoms with E-state index in [1.54, 1.807) is 43.4 Å². The van der Waals surface area contributed by atoms with Crippen LogP contribution < -0.4 is 19.1 Å². The third-order valence-electron chi connectivity index (χ3n) is 4.58. The van der Waals surface area contributed by atoms with E-state index in [9.17, 15) is 13.2 Å². The second-order valence-corrected chi connectivity index (χ2v) is 6.67. The number of halogens is 3. The molecule has 0 N–H and O–H groups in total. The van der Waals surface area contributed by atoms with Crippen LogP contribution in [0.4, 0.5) is 19.0 Å². The highest BCUT2D eigenvalue weighted by Gasteiger charge is 2.19. The molecule has 31 heavy (non-hydrogen) atoms. The van der Waals surface area contributed by atoms with Crippen molar-refractivity contribution >= 4 is 5.82 Å². The third kappa shape index (κ3) is 5.81. The number of rotatable bonds is 10. The second kappa shape index (κ2) is 10.6. The molecule has 0 fully saturated rings. The fourth-order valence-corrected chi connectivity index (χ4v) is 3.02. The van der Waals surface area contributed by atoms with Gasteiger partial charge in [0.2, 0.25) is 0 Å². The molecule has 5 nitrogen and oxygen atoms in total. The first-order chi connectivity index (χ1) is 15.0. The molecule has 0 aliphatic rings. The molecule has 1 heterocycles. The summed E-state index contributed by atoms with van der Waals surface area (Å²) in [7, 11) is 3.14. The predicted octanol–water partition coefficient (Wildman–Crippen LogP) is 4.93. The van der Waals surface area contributed by atoms with Crippen LogP contribution in [0.2, 0.25) is 0 Å². The zero-order valence-corrected chi connectivity index (χ0v) is 17.3. The second-order valence-electron chi connectivity index (χ2n) is 6.67. The average Bonchev–Trinajstić information content (AvgIpc) is 2.80. The predicted molar refractivity (Wildman–Crippen MR) is 111 cm³/mol. The van der Waals surface area contributed by atoms with Crippen LogP contribution in [0, 0.1) is 11.8 Å². The largest absolute Gasteiger partial charge is 0.497 e. The number of ether oxygens (including phenoxy) is 3. The summed E-state index contributed by atoms with van der Waals surface area (Å²) in [6.07, 6.45) is 0. The van der Waals surface area contributed by atoms with Crippen molar-refractivity contribution in [3.63, 3.8) is 0 Å². The molecule has 3 rings (SSSR count). The van der Waals surface area contributed by atoms with Gasteiger partial charge in [-0.05, 0) is 35.4 Å². The smallest absolute Gasteiger partial charge is 0.257 e. The SMILES string of the molecule is COc1ccc(CN(Cc2ccc(OC)cc2)c2nc(F)c(OCCF)cc2F)cc1. The van der Waals surface area contributed by atoms with E-state index in [2.05, 4.69) is 4.98 Å². The fraction of sp³-hybridized carbons (Fsp3) is 0.261. The monoisotopic (exact) mass is 432 g/mol. The molecule has 0 bridgehead atoms. The number of hydrogen-bond acceptors (Lipinski definition) is 5. The van der Waals surface area contributed by atoms with Crippen molar-refractivity contribution in [3.05, 3.63) is 77.5 Å². The minimum Gasteiger partial charge on any atom is -0.497 e. The number of pyridine rings is 1. The summed E-state index contributed by atoms with van der Waals surface area (Å²) in [5.74, 6) is -0.980. The normalized spacial score (nSPS) is 10.6. The summed E-state index contributed by atoms with van der Waals surface area (Å²) in [5.41, 5.74) is 1.71. The molecule has 0 unspecified atom stereocenters. The minimum atomic E-state index is -1.00. The van der Waals surface area contributed by atoms with Gasteiger partial charge in [-0.1, -0.05) is 24.3 Å². The minimum absolute atomic E-state index is 0.170. The first-order valence-corrected chi connectivity index (χ1v) is 9.59. The van der Waals surface area contributed by atoms with Crippen LogP contribution in [0.15, 0.2) is 54.6 Å². The molecule has 1 aromatic heterocycles. The van der Waals surface area contributed by atoms with Crippen molar-refractivity contribution in [2.45, 2.75) is 13.1 Å². The number of alkyl halides is 1. The van der Waals surface area contributed by atoms with E-state index < -0.39 is 24.2 Å². The quantitative estimate of drug-likeness (QED) is 0.425. The molecule has 0 radical (unpaired) electrons. The van der Waals surface area contributed by atoms with E-state index >= 15 is 0 Å². The summed E-state index contributed by atoms with van der Waals surface area (Å²) < 4.78 is 56.8. The maximum Gasteiger partial charge on any atom is 0.257 e. The fourth-order valence-electron chi connectivity index (χ4n) is 3.02. The Balaban J connectivity index is 1.92.